The molecule has 0 saturated heterocycles. The van der Waals surface area contributed by atoms with Crippen LogP contribution < -0.4 is 9.47 Å². The van der Waals surface area contributed by atoms with Gasteiger partial charge >= 0.3 is 0 Å². The van der Waals surface area contributed by atoms with Crippen LogP contribution in [-0.2, 0) is 0 Å². The minimum absolute atomic E-state index is 0.0617. The lowest BCUT2D eigenvalue weighted by Crippen LogP contribution is -1.96. The smallest absolute Gasteiger partial charge is 0.150 e. The average molecular weight is 272 g/mol. The fourth-order valence-corrected chi connectivity index (χ4v) is 2.22. The second-order valence-electron chi connectivity index (χ2n) is 4.36. The molecule has 0 bridgehead atoms. The van der Waals surface area contributed by atoms with E-state index in [-0.39, 0.29) is 5.75 Å². The standard InChI is InChI=1S/C16H16O4/c1-10-11(9-17)5-4-6-13(10)16-14(19-2)7-12(18)8-15(16)20-3/h4-9,18H,1-3H3. The van der Waals surface area contributed by atoms with Gasteiger partial charge in [0.15, 0.2) is 0 Å². The molecule has 0 radical (unpaired) electrons. The van der Waals surface area contributed by atoms with E-state index >= 15 is 0 Å². The number of benzene rings is 2. The summed E-state index contributed by atoms with van der Waals surface area (Å²) in [6, 6.07) is 8.48. The highest BCUT2D eigenvalue weighted by Gasteiger charge is 2.17. The number of methoxy groups -OCH3 is 2. The number of phenolic OH excluding ortho intramolecular Hbond substituents is 1. The molecule has 2 aromatic carbocycles. The molecule has 20 heavy (non-hydrogen) atoms. The molecular weight excluding hydrogens is 256 g/mol. The van der Waals surface area contributed by atoms with Crippen LogP contribution in [0, 0.1) is 6.92 Å². The number of hydrogen-bond acceptors (Lipinski definition) is 4. The van der Waals surface area contributed by atoms with Gasteiger partial charge in [-0.2, -0.15) is 0 Å². The molecule has 0 spiro atoms. The predicted molar refractivity (Wildman–Crippen MR) is 76.8 cm³/mol. The van der Waals surface area contributed by atoms with Gasteiger partial charge in [-0.25, -0.2) is 0 Å². The van der Waals surface area contributed by atoms with Gasteiger partial charge in [0.2, 0.25) is 0 Å². The highest BCUT2D eigenvalue weighted by Crippen LogP contribution is 2.42. The van der Waals surface area contributed by atoms with E-state index in [1.807, 2.05) is 13.0 Å². The number of ether oxygens (including phenoxy) is 2. The number of carbonyl (C=O) groups excluding carboxylic acids is 1. The van der Waals surface area contributed by atoms with Gasteiger partial charge in [-0.1, -0.05) is 18.2 Å². The maximum atomic E-state index is 11.1. The first-order valence-electron chi connectivity index (χ1n) is 6.12. The van der Waals surface area contributed by atoms with E-state index in [1.165, 1.54) is 26.4 Å². The van der Waals surface area contributed by atoms with Crippen LogP contribution in [0.4, 0.5) is 0 Å². The van der Waals surface area contributed by atoms with Crippen LogP contribution in [0.15, 0.2) is 30.3 Å². The summed E-state index contributed by atoms with van der Waals surface area (Å²) < 4.78 is 10.6. The van der Waals surface area contributed by atoms with Crippen LogP contribution in [0.5, 0.6) is 17.2 Å². The molecule has 2 aromatic rings. The van der Waals surface area contributed by atoms with E-state index in [0.29, 0.717) is 22.6 Å². The molecule has 2 rings (SSSR count). The summed E-state index contributed by atoms with van der Waals surface area (Å²) in [5.41, 5.74) is 3.00. The molecule has 4 heteroatoms. The van der Waals surface area contributed by atoms with Crippen molar-refractivity contribution in [2.75, 3.05) is 14.2 Å². The molecule has 0 amide bonds. The predicted octanol–water partition coefficient (Wildman–Crippen LogP) is 3.20. The highest BCUT2D eigenvalue weighted by atomic mass is 16.5. The van der Waals surface area contributed by atoms with Gasteiger partial charge in [0.25, 0.3) is 0 Å². The molecule has 4 nitrogen and oxygen atoms in total. The van der Waals surface area contributed by atoms with Crippen LogP contribution in [0.25, 0.3) is 11.1 Å². The first-order valence-corrected chi connectivity index (χ1v) is 6.12. The Hall–Kier alpha value is -2.49. The van der Waals surface area contributed by atoms with E-state index in [0.717, 1.165) is 17.4 Å². The van der Waals surface area contributed by atoms with E-state index in [1.54, 1.807) is 12.1 Å². The lowest BCUT2D eigenvalue weighted by atomic mass is 9.95. The Kier molecular flexibility index (Phi) is 3.94. The molecule has 1 N–H and O–H groups in total. The van der Waals surface area contributed by atoms with E-state index in [2.05, 4.69) is 0 Å². The van der Waals surface area contributed by atoms with Crippen LogP contribution in [-0.4, -0.2) is 25.6 Å². The molecule has 0 unspecified atom stereocenters. The number of hydrogen-bond donors (Lipinski definition) is 1. The second-order valence-corrected chi connectivity index (χ2v) is 4.36. The van der Waals surface area contributed by atoms with Gasteiger partial charge in [0.05, 0.1) is 19.8 Å². The average Bonchev–Trinajstić information content (AvgIpc) is 2.47. The van der Waals surface area contributed by atoms with Crippen LogP contribution >= 0.6 is 0 Å². The van der Waals surface area contributed by atoms with Gasteiger partial charge in [0, 0.05) is 17.7 Å². The largest absolute Gasteiger partial charge is 0.508 e. The Morgan fingerprint density at radius 3 is 2.20 bits per heavy atom. The zero-order valence-electron chi connectivity index (χ0n) is 11.6. The third-order valence-corrected chi connectivity index (χ3v) is 3.26. The molecule has 0 aromatic heterocycles. The summed E-state index contributed by atoms with van der Waals surface area (Å²) >= 11 is 0. The van der Waals surface area contributed by atoms with Crippen molar-refractivity contribution in [2.24, 2.45) is 0 Å². The Bertz CT molecular complexity index is 622. The molecular formula is C16H16O4. The molecule has 0 aliphatic heterocycles. The van der Waals surface area contributed by atoms with Gasteiger partial charge < -0.3 is 14.6 Å². The van der Waals surface area contributed by atoms with Crippen molar-refractivity contribution in [3.05, 3.63) is 41.5 Å². The summed E-state index contributed by atoms with van der Waals surface area (Å²) in [7, 11) is 3.05. The Labute approximate surface area is 117 Å². The molecule has 0 saturated carbocycles. The summed E-state index contributed by atoms with van der Waals surface area (Å²) in [5, 5.41) is 9.68. The first kappa shape index (κ1) is 13.9. The molecule has 0 heterocycles. The number of aromatic hydroxyl groups is 1. The lowest BCUT2D eigenvalue weighted by molar-refractivity contribution is 0.112. The Morgan fingerprint density at radius 1 is 1.10 bits per heavy atom. The topological polar surface area (TPSA) is 55.8 Å². The lowest BCUT2D eigenvalue weighted by Gasteiger charge is -2.16. The molecule has 0 aliphatic carbocycles. The zero-order valence-corrected chi connectivity index (χ0v) is 11.6. The van der Waals surface area contributed by atoms with Crippen molar-refractivity contribution in [1.29, 1.82) is 0 Å². The van der Waals surface area contributed by atoms with Crippen molar-refractivity contribution in [2.45, 2.75) is 6.92 Å². The zero-order chi connectivity index (χ0) is 14.7. The summed E-state index contributed by atoms with van der Waals surface area (Å²) in [4.78, 5) is 11.1. The number of aldehydes is 1. The third-order valence-electron chi connectivity index (χ3n) is 3.26. The maximum absolute atomic E-state index is 11.1. The van der Waals surface area contributed by atoms with E-state index in [9.17, 15) is 9.90 Å². The molecule has 104 valence electrons. The van der Waals surface area contributed by atoms with E-state index in [4.69, 9.17) is 9.47 Å². The van der Waals surface area contributed by atoms with Crippen LogP contribution in [0.1, 0.15) is 15.9 Å². The van der Waals surface area contributed by atoms with Crippen LogP contribution in [0.2, 0.25) is 0 Å². The first-order chi connectivity index (χ1) is 9.62. The number of rotatable bonds is 4. The third kappa shape index (κ3) is 2.32. The molecule has 0 aliphatic rings. The van der Waals surface area contributed by atoms with Crippen molar-refractivity contribution in [1.82, 2.24) is 0 Å². The normalized spacial score (nSPS) is 10.2. The van der Waals surface area contributed by atoms with Crippen molar-refractivity contribution < 1.29 is 19.4 Å². The minimum atomic E-state index is 0.0617. The summed E-state index contributed by atoms with van der Waals surface area (Å²) in [6.45, 7) is 1.87. The minimum Gasteiger partial charge on any atom is -0.508 e. The molecule has 0 fully saturated rings. The summed E-state index contributed by atoms with van der Waals surface area (Å²) in [5.74, 6) is 1.05. The van der Waals surface area contributed by atoms with E-state index < -0.39 is 0 Å². The van der Waals surface area contributed by atoms with Gasteiger partial charge in [-0.15, -0.1) is 0 Å². The SMILES string of the molecule is COc1cc(O)cc(OC)c1-c1cccc(C=O)c1C. The number of carbonyl (C=O) groups is 1. The second kappa shape index (κ2) is 5.65. The van der Waals surface area contributed by atoms with Gasteiger partial charge in [-0.3, -0.25) is 4.79 Å². The van der Waals surface area contributed by atoms with Crippen molar-refractivity contribution in [3.63, 3.8) is 0 Å². The quantitative estimate of drug-likeness (QED) is 0.868. The number of phenols is 1. The molecule has 0 atom stereocenters. The Balaban J connectivity index is 2.78. The van der Waals surface area contributed by atoms with Gasteiger partial charge in [-0.05, 0) is 18.1 Å². The fraction of sp³-hybridized carbons (Fsp3) is 0.188. The van der Waals surface area contributed by atoms with Crippen LogP contribution in [0.3, 0.4) is 0 Å². The highest BCUT2D eigenvalue weighted by molar-refractivity contribution is 5.86. The van der Waals surface area contributed by atoms with Gasteiger partial charge in [0.1, 0.15) is 23.5 Å². The summed E-state index contributed by atoms with van der Waals surface area (Å²) in [6.07, 6.45) is 0.818. The maximum Gasteiger partial charge on any atom is 0.150 e. The monoisotopic (exact) mass is 272 g/mol. The van der Waals surface area contributed by atoms with Crippen molar-refractivity contribution >= 4 is 6.29 Å². The van der Waals surface area contributed by atoms with Crippen molar-refractivity contribution in [3.8, 4) is 28.4 Å². The Morgan fingerprint density at radius 2 is 1.70 bits per heavy atom. The fourth-order valence-electron chi connectivity index (χ4n) is 2.22.